The number of esters is 1. The summed E-state index contributed by atoms with van der Waals surface area (Å²) < 4.78 is 4.87. The third-order valence-electron chi connectivity index (χ3n) is 3.87. The van der Waals surface area contributed by atoms with E-state index in [-0.39, 0.29) is 5.75 Å². The van der Waals surface area contributed by atoms with Crippen LogP contribution in [0.3, 0.4) is 0 Å². The molecule has 0 amide bonds. The molecular formula is C18H20ClNO3. The first-order chi connectivity index (χ1) is 10.9. The molecule has 0 aliphatic carbocycles. The Morgan fingerprint density at radius 2 is 1.87 bits per heavy atom. The van der Waals surface area contributed by atoms with E-state index < -0.39 is 12.0 Å². The van der Waals surface area contributed by atoms with Gasteiger partial charge in [-0.3, -0.25) is 0 Å². The summed E-state index contributed by atoms with van der Waals surface area (Å²) in [6, 6.07) is 10.3. The van der Waals surface area contributed by atoms with Gasteiger partial charge >= 0.3 is 5.97 Å². The fraction of sp³-hybridized carbons (Fsp3) is 0.278. The van der Waals surface area contributed by atoms with E-state index in [0.29, 0.717) is 17.1 Å². The summed E-state index contributed by atoms with van der Waals surface area (Å²) in [6.45, 7) is 3.76. The smallest absolute Gasteiger partial charge is 0.328 e. The van der Waals surface area contributed by atoms with Crippen LogP contribution < -0.4 is 5.32 Å². The standard InChI is InChI=1S/C18H20ClNO3/c1-11-4-9-15(17(21)12(11)2)20-16(18(22)23-3)10-13-5-7-14(19)8-6-13/h4-9,16,20-21H,10H2,1-3H3/t16-/m0/s1. The topological polar surface area (TPSA) is 58.6 Å². The largest absolute Gasteiger partial charge is 0.505 e. The van der Waals surface area contributed by atoms with Crippen LogP contribution in [0.4, 0.5) is 5.69 Å². The Hall–Kier alpha value is -2.20. The molecular weight excluding hydrogens is 314 g/mol. The quantitative estimate of drug-likeness (QED) is 0.644. The van der Waals surface area contributed by atoms with E-state index in [1.165, 1.54) is 7.11 Å². The van der Waals surface area contributed by atoms with Gasteiger partial charge < -0.3 is 15.2 Å². The van der Waals surface area contributed by atoms with Crippen LogP contribution in [0.1, 0.15) is 16.7 Å². The normalized spacial score (nSPS) is 11.8. The fourth-order valence-electron chi connectivity index (χ4n) is 2.30. The number of phenolic OH excluding ortho intramolecular Hbond substituents is 1. The van der Waals surface area contributed by atoms with E-state index in [9.17, 15) is 9.90 Å². The zero-order chi connectivity index (χ0) is 17.0. The number of phenols is 1. The maximum atomic E-state index is 12.1. The number of benzene rings is 2. The Balaban J connectivity index is 2.24. The molecule has 23 heavy (non-hydrogen) atoms. The van der Waals surface area contributed by atoms with Gasteiger partial charge in [-0.05, 0) is 48.7 Å². The molecule has 122 valence electrons. The van der Waals surface area contributed by atoms with Crippen molar-refractivity contribution in [3.8, 4) is 5.75 Å². The molecule has 1 atom stereocenters. The van der Waals surface area contributed by atoms with Crippen molar-refractivity contribution in [1.29, 1.82) is 0 Å². The zero-order valence-electron chi connectivity index (χ0n) is 13.4. The van der Waals surface area contributed by atoms with Crippen LogP contribution >= 0.6 is 11.6 Å². The lowest BCUT2D eigenvalue weighted by atomic mass is 10.0. The van der Waals surface area contributed by atoms with Crippen LogP contribution in [0.2, 0.25) is 5.02 Å². The van der Waals surface area contributed by atoms with Gasteiger partial charge in [-0.15, -0.1) is 0 Å². The SMILES string of the molecule is COC(=O)[C@H](Cc1ccc(Cl)cc1)Nc1ccc(C)c(C)c1O. The Kier molecular flexibility index (Phi) is 5.50. The van der Waals surface area contributed by atoms with Gasteiger partial charge in [-0.2, -0.15) is 0 Å². The highest BCUT2D eigenvalue weighted by molar-refractivity contribution is 6.30. The molecule has 2 N–H and O–H groups in total. The summed E-state index contributed by atoms with van der Waals surface area (Å²) in [5.41, 5.74) is 3.23. The average molecular weight is 334 g/mol. The Bertz CT molecular complexity index is 698. The number of hydrogen-bond acceptors (Lipinski definition) is 4. The number of methoxy groups -OCH3 is 1. The number of halogens is 1. The highest BCUT2D eigenvalue weighted by Crippen LogP contribution is 2.30. The second kappa shape index (κ2) is 7.38. The molecule has 0 bridgehead atoms. The summed E-state index contributed by atoms with van der Waals surface area (Å²) in [4.78, 5) is 12.1. The molecule has 0 aliphatic heterocycles. The highest BCUT2D eigenvalue weighted by Gasteiger charge is 2.21. The van der Waals surface area contributed by atoms with Crippen molar-refractivity contribution in [2.75, 3.05) is 12.4 Å². The second-order valence-electron chi connectivity index (χ2n) is 5.45. The molecule has 2 aromatic carbocycles. The van der Waals surface area contributed by atoms with Crippen LogP contribution in [-0.2, 0) is 16.0 Å². The minimum atomic E-state index is -0.603. The second-order valence-corrected chi connectivity index (χ2v) is 5.89. The number of aromatic hydroxyl groups is 1. The molecule has 5 heteroatoms. The number of nitrogens with one attached hydrogen (secondary N) is 1. The number of ether oxygens (including phenoxy) is 1. The van der Waals surface area contributed by atoms with Crippen LogP contribution in [0.5, 0.6) is 5.75 Å². The summed E-state index contributed by atoms with van der Waals surface area (Å²) in [5.74, 6) is -0.243. The Labute approximate surface area is 141 Å². The van der Waals surface area contributed by atoms with Gasteiger partial charge in [0.05, 0.1) is 12.8 Å². The van der Waals surface area contributed by atoms with E-state index in [1.807, 2.05) is 32.0 Å². The summed E-state index contributed by atoms with van der Waals surface area (Å²) in [7, 11) is 1.35. The van der Waals surface area contributed by atoms with E-state index in [1.54, 1.807) is 18.2 Å². The van der Waals surface area contributed by atoms with E-state index in [4.69, 9.17) is 16.3 Å². The van der Waals surface area contributed by atoms with Crippen LogP contribution in [0.15, 0.2) is 36.4 Å². The van der Waals surface area contributed by atoms with Gasteiger partial charge in [0.15, 0.2) is 0 Å². The van der Waals surface area contributed by atoms with Crippen molar-refractivity contribution in [1.82, 2.24) is 0 Å². The number of rotatable bonds is 5. The van der Waals surface area contributed by atoms with Crippen molar-refractivity contribution in [3.05, 3.63) is 58.1 Å². The van der Waals surface area contributed by atoms with Gasteiger partial charge in [0.2, 0.25) is 0 Å². The van der Waals surface area contributed by atoms with Crippen LogP contribution in [-0.4, -0.2) is 24.2 Å². The molecule has 0 aliphatic rings. The third kappa shape index (κ3) is 4.17. The van der Waals surface area contributed by atoms with Crippen LogP contribution in [0.25, 0.3) is 0 Å². The van der Waals surface area contributed by atoms with Gasteiger partial charge in [0.25, 0.3) is 0 Å². The van der Waals surface area contributed by atoms with Gasteiger partial charge in [-0.1, -0.05) is 29.8 Å². The number of carbonyl (C=O) groups is 1. The summed E-state index contributed by atoms with van der Waals surface area (Å²) in [6.07, 6.45) is 0.427. The molecule has 0 saturated carbocycles. The zero-order valence-corrected chi connectivity index (χ0v) is 14.1. The van der Waals surface area contributed by atoms with Crippen molar-refractivity contribution < 1.29 is 14.6 Å². The summed E-state index contributed by atoms with van der Waals surface area (Å²) in [5, 5.41) is 14.0. The predicted octanol–water partition coefficient (Wildman–Crippen LogP) is 3.86. The van der Waals surface area contributed by atoms with Crippen LogP contribution in [0, 0.1) is 13.8 Å². The Morgan fingerprint density at radius 1 is 1.22 bits per heavy atom. The predicted molar refractivity (Wildman–Crippen MR) is 92.2 cm³/mol. The summed E-state index contributed by atoms with van der Waals surface area (Å²) >= 11 is 5.88. The number of carbonyl (C=O) groups excluding carboxylic acids is 1. The molecule has 0 fully saturated rings. The molecule has 0 spiro atoms. The minimum Gasteiger partial charge on any atom is -0.505 e. The molecule has 4 nitrogen and oxygen atoms in total. The first-order valence-corrected chi connectivity index (χ1v) is 7.68. The number of aryl methyl sites for hydroxylation is 1. The first kappa shape index (κ1) is 17.2. The molecule has 0 unspecified atom stereocenters. The maximum Gasteiger partial charge on any atom is 0.328 e. The average Bonchev–Trinajstić information content (AvgIpc) is 2.55. The van der Waals surface area contributed by atoms with Gasteiger partial charge in [0, 0.05) is 11.4 Å². The molecule has 0 aromatic heterocycles. The lowest BCUT2D eigenvalue weighted by Gasteiger charge is -2.19. The molecule has 0 heterocycles. The van der Waals surface area contributed by atoms with E-state index >= 15 is 0 Å². The highest BCUT2D eigenvalue weighted by atomic mass is 35.5. The lowest BCUT2D eigenvalue weighted by molar-refractivity contribution is -0.141. The van der Waals surface area contributed by atoms with Crippen molar-refractivity contribution >= 4 is 23.3 Å². The molecule has 2 aromatic rings. The van der Waals surface area contributed by atoms with E-state index in [2.05, 4.69) is 5.32 Å². The lowest BCUT2D eigenvalue weighted by Crippen LogP contribution is -2.32. The number of anilines is 1. The number of hydrogen-bond donors (Lipinski definition) is 2. The van der Waals surface area contributed by atoms with Gasteiger partial charge in [0.1, 0.15) is 11.8 Å². The molecule has 0 radical (unpaired) electrons. The molecule has 0 saturated heterocycles. The fourth-order valence-corrected chi connectivity index (χ4v) is 2.42. The monoisotopic (exact) mass is 333 g/mol. The molecule has 2 rings (SSSR count). The first-order valence-electron chi connectivity index (χ1n) is 7.30. The Morgan fingerprint density at radius 3 is 2.48 bits per heavy atom. The van der Waals surface area contributed by atoms with E-state index in [0.717, 1.165) is 16.7 Å². The van der Waals surface area contributed by atoms with Gasteiger partial charge in [-0.25, -0.2) is 4.79 Å². The maximum absolute atomic E-state index is 12.1. The minimum absolute atomic E-state index is 0.148. The third-order valence-corrected chi connectivity index (χ3v) is 4.12. The van der Waals surface area contributed by atoms with Crippen molar-refractivity contribution in [2.24, 2.45) is 0 Å². The van der Waals surface area contributed by atoms with Crippen molar-refractivity contribution in [3.63, 3.8) is 0 Å². The van der Waals surface area contributed by atoms with Crippen molar-refractivity contribution in [2.45, 2.75) is 26.3 Å².